The summed E-state index contributed by atoms with van der Waals surface area (Å²) in [5.41, 5.74) is 1.69. The van der Waals surface area contributed by atoms with Gasteiger partial charge in [-0.2, -0.15) is 5.10 Å². The van der Waals surface area contributed by atoms with Gasteiger partial charge in [0.1, 0.15) is 17.1 Å². The van der Waals surface area contributed by atoms with Crippen molar-refractivity contribution in [2.24, 2.45) is 0 Å². The summed E-state index contributed by atoms with van der Waals surface area (Å²) in [4.78, 5) is 24.1. The summed E-state index contributed by atoms with van der Waals surface area (Å²) >= 11 is 0. The highest BCUT2D eigenvalue weighted by Gasteiger charge is 2.21. The number of carbonyl (C=O) groups excluding carboxylic acids is 2. The smallest absolute Gasteiger partial charge is 0.261 e. The summed E-state index contributed by atoms with van der Waals surface area (Å²) in [5, 5.41) is 9.74. The molecule has 0 fully saturated rings. The molecule has 7 nitrogen and oxygen atoms in total. The Morgan fingerprint density at radius 1 is 0.900 bits per heavy atom. The molecule has 0 aliphatic carbocycles. The standard InChI is InChI=1S/C22H18FN5O2/c1-15(29)25-16-8-10-17(11-9-16)26-21(30)18-14-24-28(20-7-3-2-6-19(20)23)22(18)27-12-4-5-13-27/h2-14H,1H3,(H,25,29)(H,26,30). The molecule has 0 atom stereocenters. The Balaban J connectivity index is 1.68. The van der Waals surface area contributed by atoms with Crippen LogP contribution in [0.15, 0.2) is 79.3 Å². The molecule has 2 heterocycles. The lowest BCUT2D eigenvalue weighted by Crippen LogP contribution is -2.15. The molecule has 4 aromatic rings. The lowest BCUT2D eigenvalue weighted by atomic mass is 10.2. The molecule has 30 heavy (non-hydrogen) atoms. The fraction of sp³-hybridized carbons (Fsp3) is 0.0455. The maximum atomic E-state index is 14.4. The summed E-state index contributed by atoms with van der Waals surface area (Å²) < 4.78 is 17.5. The highest BCUT2D eigenvalue weighted by Crippen LogP contribution is 2.23. The van der Waals surface area contributed by atoms with E-state index in [9.17, 15) is 14.0 Å². The van der Waals surface area contributed by atoms with Crippen LogP contribution in [0.5, 0.6) is 0 Å². The van der Waals surface area contributed by atoms with Crippen molar-refractivity contribution >= 4 is 23.2 Å². The minimum atomic E-state index is -0.450. The fourth-order valence-corrected chi connectivity index (χ4v) is 3.06. The largest absolute Gasteiger partial charge is 0.326 e. The van der Waals surface area contributed by atoms with Crippen molar-refractivity contribution in [1.29, 1.82) is 0 Å². The van der Waals surface area contributed by atoms with Gasteiger partial charge in [0.15, 0.2) is 5.82 Å². The van der Waals surface area contributed by atoms with E-state index >= 15 is 0 Å². The van der Waals surface area contributed by atoms with Gasteiger partial charge >= 0.3 is 0 Å². The second-order valence-electron chi connectivity index (χ2n) is 6.55. The number of amides is 2. The van der Waals surface area contributed by atoms with Crippen molar-refractivity contribution < 1.29 is 14.0 Å². The van der Waals surface area contributed by atoms with Crippen molar-refractivity contribution in [2.45, 2.75) is 6.92 Å². The number of benzene rings is 2. The molecule has 150 valence electrons. The quantitative estimate of drug-likeness (QED) is 0.528. The van der Waals surface area contributed by atoms with Crippen molar-refractivity contribution in [3.05, 3.63) is 90.6 Å². The zero-order chi connectivity index (χ0) is 21.1. The summed E-state index contributed by atoms with van der Waals surface area (Å²) in [6.07, 6.45) is 4.92. The van der Waals surface area contributed by atoms with Crippen LogP contribution >= 0.6 is 0 Å². The third-order valence-corrected chi connectivity index (χ3v) is 4.38. The first kappa shape index (κ1) is 19.1. The molecule has 2 N–H and O–H groups in total. The number of rotatable bonds is 5. The topological polar surface area (TPSA) is 81.0 Å². The first-order chi connectivity index (χ1) is 14.5. The lowest BCUT2D eigenvalue weighted by Gasteiger charge is -2.12. The Hall–Kier alpha value is -4.20. The van der Waals surface area contributed by atoms with E-state index in [-0.39, 0.29) is 17.2 Å². The molecule has 0 aliphatic heterocycles. The predicted octanol–water partition coefficient (Wildman–Crippen LogP) is 4.01. The Morgan fingerprint density at radius 2 is 1.53 bits per heavy atom. The number of nitrogens with zero attached hydrogens (tertiary/aromatic N) is 3. The van der Waals surface area contributed by atoms with E-state index < -0.39 is 11.7 Å². The van der Waals surface area contributed by atoms with Gasteiger partial charge < -0.3 is 15.2 Å². The molecule has 0 radical (unpaired) electrons. The van der Waals surface area contributed by atoms with E-state index in [1.165, 1.54) is 23.9 Å². The van der Waals surface area contributed by atoms with E-state index in [0.29, 0.717) is 17.2 Å². The fourth-order valence-electron chi connectivity index (χ4n) is 3.06. The zero-order valence-electron chi connectivity index (χ0n) is 16.0. The third kappa shape index (κ3) is 3.83. The first-order valence-corrected chi connectivity index (χ1v) is 9.18. The second-order valence-corrected chi connectivity index (χ2v) is 6.55. The first-order valence-electron chi connectivity index (χ1n) is 9.18. The van der Waals surface area contributed by atoms with Gasteiger partial charge in [0.25, 0.3) is 5.91 Å². The van der Waals surface area contributed by atoms with Gasteiger partial charge in [-0.15, -0.1) is 0 Å². The number of aromatic nitrogens is 3. The number of hydrogen-bond donors (Lipinski definition) is 2. The molecule has 0 unspecified atom stereocenters. The highest BCUT2D eigenvalue weighted by molar-refractivity contribution is 6.06. The van der Waals surface area contributed by atoms with Gasteiger partial charge in [-0.25, -0.2) is 9.07 Å². The van der Waals surface area contributed by atoms with Gasteiger partial charge in [0, 0.05) is 30.7 Å². The molecule has 4 rings (SSSR count). The van der Waals surface area contributed by atoms with Crippen LogP contribution in [0.1, 0.15) is 17.3 Å². The van der Waals surface area contributed by atoms with Crippen LogP contribution in [0.3, 0.4) is 0 Å². The molecule has 0 saturated heterocycles. The summed E-state index contributed by atoms with van der Waals surface area (Å²) in [6.45, 7) is 1.42. The van der Waals surface area contributed by atoms with Crippen molar-refractivity contribution in [2.75, 3.05) is 10.6 Å². The molecule has 2 amide bonds. The number of halogens is 1. The van der Waals surface area contributed by atoms with Gasteiger partial charge in [-0.3, -0.25) is 9.59 Å². The second kappa shape index (κ2) is 8.04. The van der Waals surface area contributed by atoms with Crippen LogP contribution in [-0.2, 0) is 4.79 Å². The molecule has 0 saturated carbocycles. The molecular weight excluding hydrogens is 385 g/mol. The monoisotopic (exact) mass is 403 g/mol. The molecule has 8 heteroatoms. The van der Waals surface area contributed by atoms with Crippen LogP contribution in [0.2, 0.25) is 0 Å². The molecule has 2 aromatic heterocycles. The zero-order valence-corrected chi connectivity index (χ0v) is 16.0. The van der Waals surface area contributed by atoms with Crippen molar-refractivity contribution in [3.8, 4) is 11.5 Å². The average Bonchev–Trinajstić information content (AvgIpc) is 3.39. The van der Waals surface area contributed by atoms with E-state index in [0.717, 1.165) is 0 Å². The van der Waals surface area contributed by atoms with E-state index in [1.807, 2.05) is 0 Å². The SMILES string of the molecule is CC(=O)Nc1ccc(NC(=O)c2cnn(-c3ccccc3F)c2-n2cccc2)cc1. The Labute approximate surface area is 171 Å². The lowest BCUT2D eigenvalue weighted by molar-refractivity contribution is -0.114. The molecule has 0 spiro atoms. The summed E-state index contributed by atoms with van der Waals surface area (Å²) in [6, 6.07) is 16.6. The predicted molar refractivity (Wildman–Crippen MR) is 112 cm³/mol. The minimum absolute atomic E-state index is 0.177. The highest BCUT2D eigenvalue weighted by atomic mass is 19.1. The van der Waals surface area contributed by atoms with Crippen LogP contribution in [0.25, 0.3) is 11.5 Å². The van der Waals surface area contributed by atoms with Gasteiger partial charge in [-0.1, -0.05) is 12.1 Å². The van der Waals surface area contributed by atoms with E-state index in [4.69, 9.17) is 0 Å². The van der Waals surface area contributed by atoms with Crippen molar-refractivity contribution in [3.63, 3.8) is 0 Å². The maximum Gasteiger partial charge on any atom is 0.261 e. The number of para-hydroxylation sites is 1. The molecule has 2 aromatic carbocycles. The minimum Gasteiger partial charge on any atom is -0.326 e. The normalized spacial score (nSPS) is 10.6. The van der Waals surface area contributed by atoms with Crippen LogP contribution in [-0.4, -0.2) is 26.2 Å². The Bertz CT molecular complexity index is 1200. The number of anilines is 2. The number of hydrogen-bond acceptors (Lipinski definition) is 3. The maximum absolute atomic E-state index is 14.4. The molecule has 0 aliphatic rings. The van der Waals surface area contributed by atoms with Crippen LogP contribution in [0.4, 0.5) is 15.8 Å². The van der Waals surface area contributed by atoms with Gasteiger partial charge in [0.05, 0.1) is 6.20 Å². The third-order valence-electron chi connectivity index (χ3n) is 4.38. The Morgan fingerprint density at radius 3 is 2.17 bits per heavy atom. The van der Waals surface area contributed by atoms with E-state index in [1.54, 1.807) is 71.6 Å². The van der Waals surface area contributed by atoms with Crippen LogP contribution < -0.4 is 10.6 Å². The Kier molecular flexibility index (Phi) is 5.13. The van der Waals surface area contributed by atoms with Gasteiger partial charge in [0.2, 0.25) is 5.91 Å². The van der Waals surface area contributed by atoms with Crippen molar-refractivity contribution in [1.82, 2.24) is 14.3 Å². The average molecular weight is 403 g/mol. The van der Waals surface area contributed by atoms with E-state index in [2.05, 4.69) is 15.7 Å². The van der Waals surface area contributed by atoms with Crippen LogP contribution in [0, 0.1) is 5.82 Å². The summed E-state index contributed by atoms with van der Waals surface area (Å²) in [7, 11) is 0. The molecule has 0 bridgehead atoms. The number of carbonyl (C=O) groups is 2. The molecular formula is C22H18FN5O2. The summed E-state index contributed by atoms with van der Waals surface area (Å²) in [5.74, 6) is -0.607. The number of nitrogens with one attached hydrogen (secondary N) is 2. The van der Waals surface area contributed by atoms with Gasteiger partial charge in [-0.05, 0) is 48.5 Å².